The summed E-state index contributed by atoms with van der Waals surface area (Å²) >= 11 is 1.47. The van der Waals surface area contributed by atoms with Crippen molar-refractivity contribution < 1.29 is 13.5 Å². The van der Waals surface area contributed by atoms with Gasteiger partial charge < -0.3 is 10.1 Å². The molecule has 1 atom stereocenters. The van der Waals surface area contributed by atoms with Gasteiger partial charge >= 0.3 is 0 Å². The summed E-state index contributed by atoms with van der Waals surface area (Å²) in [7, 11) is 3.31. The molecule has 2 nitrogen and oxygen atoms in total. The molecule has 0 radical (unpaired) electrons. The lowest BCUT2D eigenvalue weighted by Crippen LogP contribution is -2.19. The summed E-state index contributed by atoms with van der Waals surface area (Å²) in [4.78, 5) is 0.870. The number of thiophene rings is 1. The van der Waals surface area contributed by atoms with Crippen molar-refractivity contribution in [2.75, 3.05) is 14.2 Å². The number of halogens is 2. The van der Waals surface area contributed by atoms with Crippen LogP contribution in [-0.2, 0) is 0 Å². The van der Waals surface area contributed by atoms with Crippen LogP contribution in [0.15, 0.2) is 23.6 Å². The Balaban J connectivity index is 2.51. The average Bonchev–Trinajstić information content (AvgIpc) is 2.84. The Labute approximate surface area is 115 Å². The van der Waals surface area contributed by atoms with Gasteiger partial charge in [-0.3, -0.25) is 0 Å². The molecule has 0 aliphatic heterocycles. The Morgan fingerprint density at radius 2 is 2.00 bits per heavy atom. The Morgan fingerprint density at radius 1 is 1.26 bits per heavy atom. The number of ether oxygens (including phenoxy) is 1. The molecule has 2 rings (SSSR count). The van der Waals surface area contributed by atoms with E-state index < -0.39 is 11.6 Å². The van der Waals surface area contributed by atoms with Crippen molar-refractivity contribution in [1.29, 1.82) is 0 Å². The van der Waals surface area contributed by atoms with Crippen molar-refractivity contribution in [1.82, 2.24) is 5.32 Å². The minimum atomic E-state index is -0.557. The van der Waals surface area contributed by atoms with E-state index in [1.165, 1.54) is 17.4 Å². The molecule has 0 aliphatic rings. The zero-order valence-electron chi connectivity index (χ0n) is 11.0. The fraction of sp³-hybridized carbons (Fsp3) is 0.286. The van der Waals surface area contributed by atoms with Crippen LogP contribution in [0, 0.1) is 18.6 Å². The summed E-state index contributed by atoms with van der Waals surface area (Å²) in [5.41, 5.74) is 0.842. The third kappa shape index (κ3) is 2.62. The first-order chi connectivity index (χ1) is 9.08. The molecular formula is C14H15F2NOS. The van der Waals surface area contributed by atoms with Crippen LogP contribution in [0.4, 0.5) is 8.78 Å². The summed E-state index contributed by atoms with van der Waals surface area (Å²) in [5.74, 6) is -0.391. The molecule has 102 valence electrons. The lowest BCUT2D eigenvalue weighted by Gasteiger charge is -2.18. The molecule has 1 aromatic carbocycles. The van der Waals surface area contributed by atoms with E-state index in [4.69, 9.17) is 4.74 Å². The highest BCUT2D eigenvalue weighted by molar-refractivity contribution is 7.10. The van der Waals surface area contributed by atoms with Gasteiger partial charge in [0, 0.05) is 11.6 Å². The number of benzene rings is 1. The normalized spacial score (nSPS) is 12.5. The highest BCUT2D eigenvalue weighted by Gasteiger charge is 2.22. The molecule has 1 N–H and O–H groups in total. The lowest BCUT2D eigenvalue weighted by atomic mass is 10.0. The van der Waals surface area contributed by atoms with Gasteiger partial charge in [0.15, 0.2) is 0 Å². The Hall–Kier alpha value is -1.46. The van der Waals surface area contributed by atoms with Crippen molar-refractivity contribution in [3.8, 4) is 5.75 Å². The maximum absolute atomic E-state index is 14.0. The molecule has 5 heteroatoms. The Kier molecular flexibility index (Phi) is 4.17. The van der Waals surface area contributed by atoms with E-state index in [9.17, 15) is 8.78 Å². The van der Waals surface area contributed by atoms with Crippen LogP contribution in [0.5, 0.6) is 5.75 Å². The first kappa shape index (κ1) is 14.0. The predicted molar refractivity (Wildman–Crippen MR) is 72.9 cm³/mol. The summed E-state index contributed by atoms with van der Waals surface area (Å²) in [6.07, 6.45) is 0. The van der Waals surface area contributed by atoms with Gasteiger partial charge in [-0.2, -0.15) is 0 Å². The largest absolute Gasteiger partial charge is 0.496 e. The highest BCUT2D eigenvalue weighted by Crippen LogP contribution is 2.36. The molecule has 0 fully saturated rings. The first-order valence-corrected chi connectivity index (χ1v) is 6.70. The van der Waals surface area contributed by atoms with Gasteiger partial charge in [-0.15, -0.1) is 11.3 Å². The van der Waals surface area contributed by atoms with Gasteiger partial charge in [-0.1, -0.05) is 0 Å². The molecule has 0 bridgehead atoms. The molecular weight excluding hydrogens is 268 g/mol. The zero-order chi connectivity index (χ0) is 14.0. The molecule has 2 aromatic rings. The van der Waals surface area contributed by atoms with Crippen LogP contribution in [0.2, 0.25) is 0 Å². The van der Waals surface area contributed by atoms with Gasteiger partial charge in [0.25, 0.3) is 0 Å². The molecule has 1 aromatic heterocycles. The van der Waals surface area contributed by atoms with Gasteiger partial charge in [0.2, 0.25) is 0 Å². The second-order valence-electron chi connectivity index (χ2n) is 4.20. The van der Waals surface area contributed by atoms with Crippen molar-refractivity contribution in [3.63, 3.8) is 0 Å². The first-order valence-electron chi connectivity index (χ1n) is 5.82. The van der Waals surface area contributed by atoms with Crippen LogP contribution in [0.1, 0.15) is 22.0 Å². The second-order valence-corrected chi connectivity index (χ2v) is 5.15. The van der Waals surface area contributed by atoms with E-state index in [2.05, 4.69) is 5.32 Å². The predicted octanol–water partition coefficient (Wildman–Crippen LogP) is 3.65. The van der Waals surface area contributed by atoms with Crippen molar-refractivity contribution in [3.05, 3.63) is 51.2 Å². The van der Waals surface area contributed by atoms with E-state index in [1.54, 1.807) is 21.1 Å². The average molecular weight is 283 g/mol. The number of hydrogen-bond acceptors (Lipinski definition) is 3. The third-order valence-corrected chi connectivity index (χ3v) is 3.98. The maximum Gasteiger partial charge on any atom is 0.134 e. The molecule has 0 aliphatic carbocycles. The third-order valence-electron chi connectivity index (χ3n) is 3.02. The van der Waals surface area contributed by atoms with E-state index in [-0.39, 0.29) is 6.04 Å². The molecule has 0 amide bonds. The van der Waals surface area contributed by atoms with Crippen LogP contribution in [0.3, 0.4) is 0 Å². The van der Waals surface area contributed by atoms with E-state index >= 15 is 0 Å². The molecule has 0 spiro atoms. The van der Waals surface area contributed by atoms with Gasteiger partial charge in [0.05, 0.1) is 18.0 Å². The molecule has 1 heterocycles. The molecule has 0 saturated carbocycles. The van der Waals surface area contributed by atoms with Crippen molar-refractivity contribution in [2.45, 2.75) is 13.0 Å². The monoisotopic (exact) mass is 283 g/mol. The second kappa shape index (κ2) is 5.67. The molecule has 1 unspecified atom stereocenters. The van der Waals surface area contributed by atoms with E-state index in [0.717, 1.165) is 10.9 Å². The summed E-state index contributed by atoms with van der Waals surface area (Å²) in [5, 5.41) is 4.93. The summed E-state index contributed by atoms with van der Waals surface area (Å²) in [6, 6.07) is 3.94. The van der Waals surface area contributed by atoms with Gasteiger partial charge in [-0.05, 0) is 37.0 Å². The lowest BCUT2D eigenvalue weighted by molar-refractivity contribution is 0.408. The Bertz CT molecular complexity index is 583. The number of rotatable bonds is 4. The van der Waals surface area contributed by atoms with Crippen molar-refractivity contribution >= 4 is 11.3 Å². The zero-order valence-corrected chi connectivity index (χ0v) is 11.8. The molecule has 19 heavy (non-hydrogen) atoms. The minimum Gasteiger partial charge on any atom is -0.496 e. The standard InChI is InChI=1S/C14H15F2NOS/c1-8-6-9(11(16)7-10(8)15)13(17-2)14-12(18-3)4-5-19-14/h4-7,13,17H,1-3H3. The molecule has 0 saturated heterocycles. The van der Waals surface area contributed by atoms with Crippen LogP contribution in [0.25, 0.3) is 0 Å². The van der Waals surface area contributed by atoms with Crippen LogP contribution in [-0.4, -0.2) is 14.2 Å². The highest BCUT2D eigenvalue weighted by atomic mass is 32.1. The van der Waals surface area contributed by atoms with Gasteiger partial charge in [0.1, 0.15) is 17.4 Å². The fourth-order valence-corrected chi connectivity index (χ4v) is 3.00. The minimum absolute atomic E-state index is 0.353. The van der Waals surface area contributed by atoms with Gasteiger partial charge in [-0.25, -0.2) is 8.78 Å². The van der Waals surface area contributed by atoms with Crippen molar-refractivity contribution in [2.24, 2.45) is 0 Å². The Morgan fingerprint density at radius 3 is 2.63 bits per heavy atom. The van der Waals surface area contributed by atoms with E-state index in [1.807, 2.05) is 11.4 Å². The number of methoxy groups -OCH3 is 1. The quantitative estimate of drug-likeness (QED) is 0.924. The SMILES string of the molecule is CNC(c1cc(C)c(F)cc1F)c1sccc1OC. The van der Waals surface area contributed by atoms with Crippen LogP contribution >= 0.6 is 11.3 Å². The number of aryl methyl sites for hydroxylation is 1. The summed E-state index contributed by atoms with van der Waals surface area (Å²) < 4.78 is 32.6. The number of hydrogen-bond donors (Lipinski definition) is 1. The van der Waals surface area contributed by atoms with E-state index in [0.29, 0.717) is 16.9 Å². The maximum atomic E-state index is 14.0. The number of nitrogens with one attached hydrogen (secondary N) is 1. The van der Waals surface area contributed by atoms with Crippen LogP contribution < -0.4 is 10.1 Å². The topological polar surface area (TPSA) is 21.3 Å². The smallest absolute Gasteiger partial charge is 0.134 e. The fourth-order valence-electron chi connectivity index (χ4n) is 2.02. The summed E-state index contributed by atoms with van der Waals surface area (Å²) in [6.45, 7) is 1.62.